The van der Waals surface area contributed by atoms with E-state index < -0.39 is 0 Å². The average Bonchev–Trinajstić information content (AvgIpc) is 3.06. The Hall–Kier alpha value is -1.93. The molecule has 136 valence electrons. The van der Waals surface area contributed by atoms with E-state index in [1.54, 1.807) is 24.2 Å². The van der Waals surface area contributed by atoms with Gasteiger partial charge in [0.1, 0.15) is 11.8 Å². The molecule has 1 N–H and O–H groups in total. The average molecular weight is 389 g/mol. The molecule has 1 atom stereocenters. The van der Waals surface area contributed by atoms with E-state index in [2.05, 4.69) is 34.1 Å². The highest BCUT2D eigenvalue weighted by molar-refractivity contribution is 8.17. The van der Waals surface area contributed by atoms with Crippen LogP contribution in [0.15, 0.2) is 45.5 Å². The normalized spacial score (nSPS) is 19.0. The summed E-state index contributed by atoms with van der Waals surface area (Å²) in [5.41, 5.74) is 1.00. The predicted octanol–water partition coefficient (Wildman–Crippen LogP) is 2.67. The third kappa shape index (κ3) is 4.82. The zero-order valence-corrected chi connectivity index (χ0v) is 16.3. The molecule has 8 heteroatoms. The number of carbonyl (C=O) groups is 2. The second-order valence-corrected chi connectivity index (χ2v) is 8.32. The number of nitrogens with zero attached hydrogens (tertiary/aromatic N) is 3. The summed E-state index contributed by atoms with van der Waals surface area (Å²) in [5, 5.41) is 3.67. The first-order valence-corrected chi connectivity index (χ1v) is 10.3. The van der Waals surface area contributed by atoms with Crippen LogP contribution in [0.25, 0.3) is 0 Å². The highest BCUT2D eigenvalue weighted by atomic mass is 32.2. The number of fused-ring (bicyclic) bond motifs is 1. The van der Waals surface area contributed by atoms with Gasteiger partial charge in [0.15, 0.2) is 0 Å². The number of pyridine rings is 1. The van der Waals surface area contributed by atoms with E-state index >= 15 is 0 Å². The number of allylic oxidation sites excluding steroid dienone is 1. The third-order valence-corrected chi connectivity index (χ3v) is 6.16. The van der Waals surface area contributed by atoms with Crippen molar-refractivity contribution < 1.29 is 9.59 Å². The van der Waals surface area contributed by atoms with Crippen LogP contribution in [-0.4, -0.2) is 39.2 Å². The third-order valence-electron chi connectivity index (χ3n) is 3.84. The minimum absolute atomic E-state index is 0.0564. The maximum Gasteiger partial charge on any atom is 0.261 e. The van der Waals surface area contributed by atoms with Gasteiger partial charge in [-0.2, -0.15) is 4.99 Å². The molecule has 0 bridgehead atoms. The molecule has 1 aromatic heterocycles. The summed E-state index contributed by atoms with van der Waals surface area (Å²) >= 11 is 2.98. The number of aromatic nitrogens is 1. The summed E-state index contributed by atoms with van der Waals surface area (Å²) in [6.45, 7) is 4.68. The monoisotopic (exact) mass is 388 g/mol. The second-order valence-electron chi connectivity index (χ2n) is 6.24. The van der Waals surface area contributed by atoms with Crippen molar-refractivity contribution in [2.24, 2.45) is 21.8 Å². The van der Waals surface area contributed by atoms with Crippen LogP contribution in [-0.2, 0) is 16.1 Å². The molecule has 26 heavy (non-hydrogen) atoms. The first-order chi connectivity index (χ1) is 12.5. The summed E-state index contributed by atoms with van der Waals surface area (Å²) in [6, 6.07) is 3.72. The fourth-order valence-corrected chi connectivity index (χ4v) is 4.26. The topological polar surface area (TPSA) is 83.8 Å². The van der Waals surface area contributed by atoms with Crippen molar-refractivity contribution in [3.05, 3.63) is 41.1 Å². The minimum Gasteiger partial charge on any atom is -0.351 e. The van der Waals surface area contributed by atoms with Gasteiger partial charge in [0, 0.05) is 18.9 Å². The molecule has 3 heterocycles. The van der Waals surface area contributed by atoms with Crippen LogP contribution < -0.4 is 5.32 Å². The van der Waals surface area contributed by atoms with Crippen molar-refractivity contribution in [2.45, 2.75) is 20.4 Å². The maximum atomic E-state index is 12.2. The molecule has 6 nitrogen and oxygen atoms in total. The van der Waals surface area contributed by atoms with Crippen LogP contribution in [0.1, 0.15) is 19.4 Å². The van der Waals surface area contributed by atoms with Gasteiger partial charge in [0.25, 0.3) is 5.91 Å². The zero-order valence-electron chi connectivity index (χ0n) is 14.6. The van der Waals surface area contributed by atoms with Gasteiger partial charge in [0.2, 0.25) is 5.91 Å². The molecule has 2 aliphatic rings. The van der Waals surface area contributed by atoms with Gasteiger partial charge in [0.05, 0.1) is 16.5 Å². The highest BCUT2D eigenvalue weighted by Gasteiger charge is 2.34. The summed E-state index contributed by atoms with van der Waals surface area (Å²) in [5.74, 6) is 1.10. The molecule has 0 saturated carbocycles. The Morgan fingerprint density at radius 1 is 1.31 bits per heavy atom. The van der Waals surface area contributed by atoms with Gasteiger partial charge in [-0.15, -0.1) is 11.8 Å². The van der Waals surface area contributed by atoms with E-state index in [9.17, 15) is 9.59 Å². The second kappa shape index (κ2) is 8.64. The number of rotatable bonds is 7. The number of hydrogen-bond acceptors (Lipinski definition) is 6. The van der Waals surface area contributed by atoms with E-state index in [0.29, 0.717) is 29.8 Å². The Bertz CT molecular complexity index is 788. The predicted molar refractivity (Wildman–Crippen MR) is 107 cm³/mol. The van der Waals surface area contributed by atoms with E-state index in [-0.39, 0.29) is 17.7 Å². The van der Waals surface area contributed by atoms with E-state index in [4.69, 9.17) is 0 Å². The maximum absolute atomic E-state index is 12.2. The van der Waals surface area contributed by atoms with Crippen LogP contribution in [0.4, 0.5) is 0 Å². The molecule has 1 unspecified atom stereocenters. The number of thioether (sulfide) groups is 2. The molecule has 0 saturated heterocycles. The van der Waals surface area contributed by atoms with Crippen molar-refractivity contribution in [1.29, 1.82) is 0 Å². The molecule has 0 aromatic carbocycles. The van der Waals surface area contributed by atoms with E-state index in [1.807, 2.05) is 18.2 Å². The first kappa shape index (κ1) is 18.8. The molecule has 3 rings (SSSR count). The molecule has 0 aliphatic carbocycles. The fourth-order valence-electron chi connectivity index (χ4n) is 2.43. The summed E-state index contributed by atoms with van der Waals surface area (Å²) in [4.78, 5) is 37.8. The van der Waals surface area contributed by atoms with Crippen LogP contribution in [0.3, 0.4) is 0 Å². The number of amides is 2. The van der Waals surface area contributed by atoms with Gasteiger partial charge in [-0.1, -0.05) is 31.7 Å². The van der Waals surface area contributed by atoms with Crippen LogP contribution in [0.5, 0.6) is 0 Å². The summed E-state index contributed by atoms with van der Waals surface area (Å²) in [7, 11) is 0. The van der Waals surface area contributed by atoms with Crippen molar-refractivity contribution >= 4 is 46.2 Å². The number of amidine groups is 1. The lowest BCUT2D eigenvalue weighted by atomic mass is 10.1. The smallest absolute Gasteiger partial charge is 0.261 e. The molecule has 0 spiro atoms. The van der Waals surface area contributed by atoms with Gasteiger partial charge in [-0.3, -0.25) is 14.6 Å². The van der Waals surface area contributed by atoms with E-state index in [0.717, 1.165) is 10.6 Å². The van der Waals surface area contributed by atoms with Crippen LogP contribution >= 0.6 is 23.5 Å². The minimum atomic E-state index is -0.310. The molecule has 2 amide bonds. The number of hydrogen-bond donors (Lipinski definition) is 1. The zero-order chi connectivity index (χ0) is 18.5. The van der Waals surface area contributed by atoms with Crippen molar-refractivity contribution in [3.63, 3.8) is 0 Å². The molecular formula is C18H20N4O2S2. The molecule has 0 fully saturated rings. The Balaban J connectivity index is 1.45. The van der Waals surface area contributed by atoms with Gasteiger partial charge in [-0.25, -0.2) is 4.99 Å². The van der Waals surface area contributed by atoms with E-state index in [1.165, 1.54) is 16.7 Å². The lowest BCUT2D eigenvalue weighted by Gasteiger charge is -2.12. The summed E-state index contributed by atoms with van der Waals surface area (Å²) < 4.78 is 0. The Labute approximate surface area is 161 Å². The van der Waals surface area contributed by atoms with Gasteiger partial charge in [-0.05, 0) is 28.5 Å². The molecule has 2 aliphatic heterocycles. The Morgan fingerprint density at radius 2 is 2.08 bits per heavy atom. The Kier molecular flexibility index (Phi) is 6.26. The van der Waals surface area contributed by atoms with Crippen molar-refractivity contribution in [1.82, 2.24) is 10.3 Å². The molecular weight excluding hydrogens is 368 g/mol. The first-order valence-electron chi connectivity index (χ1n) is 8.36. The quantitative estimate of drug-likeness (QED) is 0.776. The lowest BCUT2D eigenvalue weighted by molar-refractivity contribution is -0.119. The number of aliphatic imine (C=N–C) groups is 2. The number of nitrogens with one attached hydrogen (secondary N) is 1. The number of carbonyl (C=O) groups excluding carboxylic acids is 2. The molecule has 1 aromatic rings. The highest BCUT2D eigenvalue weighted by Crippen LogP contribution is 2.38. The standard InChI is InChI=1S/C18H20N4O2S2/c1-11(2)14-7-13-17(24)21-15(22-18(13)26-14)9-25-10-16(23)20-8-12-3-5-19-6-4-12/h3-7,11,13H,8-10H2,1-2H3,(H,20,23). The largest absolute Gasteiger partial charge is 0.351 e. The van der Waals surface area contributed by atoms with Crippen LogP contribution in [0, 0.1) is 11.8 Å². The Morgan fingerprint density at radius 3 is 2.81 bits per heavy atom. The summed E-state index contributed by atoms with van der Waals surface area (Å²) in [6.07, 6.45) is 5.36. The molecule has 0 radical (unpaired) electrons. The van der Waals surface area contributed by atoms with Gasteiger partial charge >= 0.3 is 0 Å². The van der Waals surface area contributed by atoms with Crippen molar-refractivity contribution in [2.75, 3.05) is 11.5 Å². The van der Waals surface area contributed by atoms with Gasteiger partial charge < -0.3 is 5.32 Å². The van der Waals surface area contributed by atoms with Crippen LogP contribution in [0.2, 0.25) is 0 Å². The lowest BCUT2D eigenvalue weighted by Crippen LogP contribution is -2.26. The fraction of sp³-hybridized carbons (Fsp3) is 0.389. The van der Waals surface area contributed by atoms with Crippen molar-refractivity contribution in [3.8, 4) is 0 Å². The SMILES string of the molecule is CC(C)C1=CC2C(=O)N=C(CSCC(=O)NCc3ccncc3)N=C2S1.